The number of imidazole rings is 1. The first-order valence-electron chi connectivity index (χ1n) is 8.35. The third kappa shape index (κ3) is 4.73. The number of hydrogen-bond donors (Lipinski definition) is 2. The third-order valence-electron chi connectivity index (χ3n) is 3.97. The van der Waals surface area contributed by atoms with Gasteiger partial charge in [-0.2, -0.15) is 0 Å². The molecule has 3 aromatic rings. The highest BCUT2D eigenvalue weighted by Gasteiger charge is 2.02. The molecule has 2 N–H and O–H groups in total. The Morgan fingerprint density at radius 2 is 2.04 bits per heavy atom. The number of aliphatic imine (C=N–C) groups is 1. The Balaban J connectivity index is 1.44. The summed E-state index contributed by atoms with van der Waals surface area (Å²) >= 11 is 6.01. The van der Waals surface area contributed by atoms with Crippen molar-refractivity contribution in [3.05, 3.63) is 65.4 Å². The molecule has 1 heterocycles. The lowest BCUT2D eigenvalue weighted by Crippen LogP contribution is -2.37. The van der Waals surface area contributed by atoms with Gasteiger partial charge in [-0.15, -0.1) is 0 Å². The molecule has 2 aromatic carbocycles. The van der Waals surface area contributed by atoms with Crippen molar-refractivity contribution < 1.29 is 0 Å². The molecule has 0 aliphatic rings. The molecule has 0 amide bonds. The van der Waals surface area contributed by atoms with E-state index >= 15 is 0 Å². The average molecular weight is 356 g/mol. The molecule has 0 unspecified atom stereocenters. The lowest BCUT2D eigenvalue weighted by Gasteiger charge is -2.12. The van der Waals surface area contributed by atoms with Gasteiger partial charge in [-0.05, 0) is 36.2 Å². The van der Waals surface area contributed by atoms with Crippen LogP contribution < -0.4 is 10.6 Å². The molecule has 1 aromatic heterocycles. The summed E-state index contributed by atoms with van der Waals surface area (Å²) in [6.07, 6.45) is 2.88. The Morgan fingerprint density at radius 3 is 2.88 bits per heavy atom. The zero-order valence-corrected chi connectivity index (χ0v) is 15.0. The fraction of sp³-hybridized carbons (Fsp3) is 0.263. The quantitative estimate of drug-likeness (QED) is 0.404. The highest BCUT2D eigenvalue weighted by Crippen LogP contribution is 2.12. The van der Waals surface area contributed by atoms with Gasteiger partial charge < -0.3 is 15.2 Å². The lowest BCUT2D eigenvalue weighted by atomic mass is 10.2. The van der Waals surface area contributed by atoms with Crippen LogP contribution in [0.15, 0.2) is 59.9 Å². The number of rotatable bonds is 6. The van der Waals surface area contributed by atoms with Crippen LogP contribution in [-0.4, -0.2) is 29.1 Å². The van der Waals surface area contributed by atoms with Gasteiger partial charge in [-0.1, -0.05) is 35.9 Å². The van der Waals surface area contributed by atoms with Crippen LogP contribution in [0.3, 0.4) is 0 Å². The summed E-state index contributed by atoms with van der Waals surface area (Å²) < 4.78 is 2.18. The van der Waals surface area contributed by atoms with Crippen molar-refractivity contribution in [1.82, 2.24) is 20.2 Å². The summed E-state index contributed by atoms with van der Waals surface area (Å²) in [4.78, 5) is 8.67. The number of halogens is 1. The van der Waals surface area contributed by atoms with Crippen molar-refractivity contribution in [3.8, 4) is 0 Å². The molecule has 0 radical (unpaired) electrons. The molecule has 3 rings (SSSR count). The molecule has 0 spiro atoms. The van der Waals surface area contributed by atoms with E-state index in [0.717, 1.165) is 41.6 Å². The van der Waals surface area contributed by atoms with Crippen LogP contribution in [0.2, 0.25) is 5.02 Å². The van der Waals surface area contributed by atoms with E-state index < -0.39 is 0 Å². The SMILES string of the molecule is CN=C(NCCCn1cnc2ccccc21)NCc1cccc(Cl)c1. The van der Waals surface area contributed by atoms with Gasteiger partial charge in [-0.25, -0.2) is 4.98 Å². The Bertz CT molecular complexity index is 856. The second kappa shape index (κ2) is 8.53. The molecular weight excluding hydrogens is 334 g/mol. The van der Waals surface area contributed by atoms with Gasteiger partial charge in [0.25, 0.3) is 0 Å². The van der Waals surface area contributed by atoms with Crippen molar-refractivity contribution in [2.45, 2.75) is 19.5 Å². The smallest absolute Gasteiger partial charge is 0.191 e. The van der Waals surface area contributed by atoms with Gasteiger partial charge in [0.2, 0.25) is 0 Å². The molecule has 0 fully saturated rings. The number of aromatic nitrogens is 2. The third-order valence-corrected chi connectivity index (χ3v) is 4.20. The highest BCUT2D eigenvalue weighted by molar-refractivity contribution is 6.30. The van der Waals surface area contributed by atoms with Gasteiger partial charge in [-0.3, -0.25) is 4.99 Å². The standard InChI is InChI=1S/C19H22ClN5/c1-21-19(23-13-15-6-4-7-16(20)12-15)22-10-5-11-25-14-24-17-8-2-3-9-18(17)25/h2-4,6-9,12,14H,5,10-11,13H2,1H3,(H2,21,22,23). The van der Waals surface area contributed by atoms with E-state index in [4.69, 9.17) is 11.6 Å². The maximum absolute atomic E-state index is 6.01. The van der Waals surface area contributed by atoms with Crippen molar-refractivity contribution in [1.29, 1.82) is 0 Å². The molecular formula is C19H22ClN5. The summed E-state index contributed by atoms with van der Waals surface area (Å²) in [5.74, 6) is 0.787. The second-order valence-corrected chi connectivity index (χ2v) is 6.20. The Morgan fingerprint density at radius 1 is 1.16 bits per heavy atom. The maximum Gasteiger partial charge on any atom is 0.191 e. The van der Waals surface area contributed by atoms with Crippen LogP contribution >= 0.6 is 11.6 Å². The topological polar surface area (TPSA) is 54.2 Å². The van der Waals surface area contributed by atoms with Gasteiger partial charge >= 0.3 is 0 Å². The number of para-hydroxylation sites is 2. The molecule has 0 aliphatic heterocycles. The van der Waals surface area contributed by atoms with E-state index in [2.05, 4.69) is 31.2 Å². The maximum atomic E-state index is 6.01. The molecule has 25 heavy (non-hydrogen) atoms. The first kappa shape index (κ1) is 17.3. The number of fused-ring (bicyclic) bond motifs is 1. The van der Waals surface area contributed by atoms with E-state index in [1.165, 1.54) is 5.52 Å². The van der Waals surface area contributed by atoms with Gasteiger partial charge in [0.15, 0.2) is 5.96 Å². The molecule has 6 heteroatoms. The molecule has 0 aliphatic carbocycles. The van der Waals surface area contributed by atoms with E-state index in [9.17, 15) is 0 Å². The average Bonchev–Trinajstić information content (AvgIpc) is 3.04. The van der Waals surface area contributed by atoms with Crippen molar-refractivity contribution in [2.24, 2.45) is 4.99 Å². The van der Waals surface area contributed by atoms with Crippen LogP contribution in [-0.2, 0) is 13.1 Å². The first-order valence-corrected chi connectivity index (χ1v) is 8.73. The second-order valence-electron chi connectivity index (χ2n) is 5.76. The van der Waals surface area contributed by atoms with Crippen LogP contribution in [0, 0.1) is 0 Å². The van der Waals surface area contributed by atoms with Crippen molar-refractivity contribution >= 4 is 28.6 Å². The van der Waals surface area contributed by atoms with Gasteiger partial charge in [0.1, 0.15) is 0 Å². The molecule has 0 atom stereocenters. The predicted octanol–water partition coefficient (Wildman–Crippen LogP) is 3.45. The van der Waals surface area contributed by atoms with E-state index in [1.807, 2.05) is 48.8 Å². The summed E-state index contributed by atoms with van der Waals surface area (Å²) in [5.41, 5.74) is 3.33. The summed E-state index contributed by atoms with van der Waals surface area (Å²) in [6, 6.07) is 16.0. The van der Waals surface area contributed by atoms with Gasteiger partial charge in [0, 0.05) is 31.7 Å². The molecule has 0 bridgehead atoms. The summed E-state index contributed by atoms with van der Waals surface area (Å²) in [5, 5.41) is 7.38. The number of benzene rings is 2. The molecule has 130 valence electrons. The number of hydrogen-bond acceptors (Lipinski definition) is 2. The number of aryl methyl sites for hydroxylation is 1. The fourth-order valence-electron chi connectivity index (χ4n) is 2.70. The lowest BCUT2D eigenvalue weighted by molar-refractivity contribution is 0.637. The largest absolute Gasteiger partial charge is 0.356 e. The first-order chi connectivity index (χ1) is 12.3. The summed E-state index contributed by atoms with van der Waals surface area (Å²) in [6.45, 7) is 2.44. The number of nitrogens with zero attached hydrogens (tertiary/aromatic N) is 3. The predicted molar refractivity (Wildman–Crippen MR) is 104 cm³/mol. The normalized spacial score (nSPS) is 11.7. The zero-order valence-electron chi connectivity index (χ0n) is 14.2. The van der Waals surface area contributed by atoms with E-state index in [-0.39, 0.29) is 0 Å². The monoisotopic (exact) mass is 355 g/mol. The minimum atomic E-state index is 0.687. The van der Waals surface area contributed by atoms with Crippen LogP contribution in [0.1, 0.15) is 12.0 Å². The molecule has 5 nitrogen and oxygen atoms in total. The molecule has 0 saturated carbocycles. The number of guanidine groups is 1. The van der Waals surface area contributed by atoms with Crippen LogP contribution in [0.4, 0.5) is 0 Å². The van der Waals surface area contributed by atoms with Crippen molar-refractivity contribution in [3.63, 3.8) is 0 Å². The van der Waals surface area contributed by atoms with E-state index in [0.29, 0.717) is 6.54 Å². The zero-order chi connectivity index (χ0) is 17.5. The minimum Gasteiger partial charge on any atom is -0.356 e. The van der Waals surface area contributed by atoms with Crippen LogP contribution in [0.25, 0.3) is 11.0 Å². The number of nitrogens with one attached hydrogen (secondary N) is 2. The molecule has 0 saturated heterocycles. The van der Waals surface area contributed by atoms with Crippen LogP contribution in [0.5, 0.6) is 0 Å². The van der Waals surface area contributed by atoms with E-state index in [1.54, 1.807) is 7.05 Å². The van der Waals surface area contributed by atoms with Crippen molar-refractivity contribution in [2.75, 3.05) is 13.6 Å². The highest BCUT2D eigenvalue weighted by atomic mass is 35.5. The summed E-state index contributed by atoms with van der Waals surface area (Å²) in [7, 11) is 1.77. The van der Waals surface area contributed by atoms with Gasteiger partial charge in [0.05, 0.1) is 17.4 Å². The Kier molecular flexibility index (Phi) is 5.90. The Labute approximate surface area is 152 Å². The minimum absolute atomic E-state index is 0.687. The fourth-order valence-corrected chi connectivity index (χ4v) is 2.91. The Hall–Kier alpha value is -2.53.